The van der Waals surface area contributed by atoms with Crippen LogP contribution in [0, 0.1) is 0 Å². The predicted molar refractivity (Wildman–Crippen MR) is 90.9 cm³/mol. The van der Waals surface area contributed by atoms with E-state index >= 15 is 0 Å². The Labute approximate surface area is 131 Å². The Balaban J connectivity index is 1.50. The molecule has 4 heteroatoms. The maximum Gasteiger partial charge on any atom is 0.0809 e. The molecule has 1 aliphatic rings. The standard InChI is InChI=1S/C17H25N3S/c1-13(14-11-17-16(19-12-14)7-10-21-17)18-8-9-20(2)15-5-3-4-6-15/h7,10-13,15,18H,3-6,8-9H2,1-2H3. The summed E-state index contributed by atoms with van der Waals surface area (Å²) in [6, 6.07) is 5.52. The summed E-state index contributed by atoms with van der Waals surface area (Å²) in [5.41, 5.74) is 2.39. The minimum absolute atomic E-state index is 0.362. The lowest BCUT2D eigenvalue weighted by atomic mass is 10.1. The van der Waals surface area contributed by atoms with Crippen LogP contribution < -0.4 is 5.32 Å². The lowest BCUT2D eigenvalue weighted by Crippen LogP contribution is -2.36. The van der Waals surface area contributed by atoms with Crippen molar-refractivity contribution in [3.63, 3.8) is 0 Å². The number of fused-ring (bicyclic) bond motifs is 1. The number of hydrogen-bond donors (Lipinski definition) is 1. The largest absolute Gasteiger partial charge is 0.309 e. The Bertz CT molecular complexity index is 574. The summed E-state index contributed by atoms with van der Waals surface area (Å²) in [5.74, 6) is 0. The molecule has 1 fully saturated rings. The third-order valence-corrected chi connectivity index (χ3v) is 5.54. The van der Waals surface area contributed by atoms with Crippen molar-refractivity contribution >= 4 is 21.6 Å². The molecule has 2 heterocycles. The summed E-state index contributed by atoms with van der Waals surface area (Å²) in [5, 5.41) is 5.74. The molecule has 0 radical (unpaired) electrons. The predicted octanol–water partition coefficient (Wildman–Crippen LogP) is 3.82. The van der Waals surface area contributed by atoms with Gasteiger partial charge in [-0.3, -0.25) is 4.98 Å². The van der Waals surface area contributed by atoms with Crippen LogP contribution in [-0.4, -0.2) is 36.1 Å². The molecule has 2 aromatic heterocycles. The molecule has 3 rings (SSSR count). The maximum absolute atomic E-state index is 4.53. The smallest absolute Gasteiger partial charge is 0.0809 e. The number of nitrogens with zero attached hydrogens (tertiary/aromatic N) is 2. The molecule has 0 spiro atoms. The van der Waals surface area contributed by atoms with Crippen LogP contribution in [-0.2, 0) is 0 Å². The fraction of sp³-hybridized carbons (Fsp3) is 0.588. The topological polar surface area (TPSA) is 28.2 Å². The molecule has 1 atom stereocenters. The fourth-order valence-electron chi connectivity index (χ4n) is 3.20. The number of thiophene rings is 1. The second-order valence-corrected chi connectivity index (χ2v) is 7.12. The lowest BCUT2D eigenvalue weighted by Gasteiger charge is -2.25. The average Bonchev–Trinajstić information content (AvgIpc) is 3.17. The first-order chi connectivity index (χ1) is 10.2. The van der Waals surface area contributed by atoms with Gasteiger partial charge in [-0.05, 0) is 49.9 Å². The molecule has 0 amide bonds. The lowest BCUT2D eigenvalue weighted by molar-refractivity contribution is 0.243. The number of rotatable bonds is 6. The Morgan fingerprint density at radius 1 is 1.43 bits per heavy atom. The quantitative estimate of drug-likeness (QED) is 0.879. The van der Waals surface area contributed by atoms with Crippen molar-refractivity contribution in [2.45, 2.75) is 44.7 Å². The Kier molecular flexibility index (Phi) is 4.88. The van der Waals surface area contributed by atoms with Gasteiger partial charge in [-0.25, -0.2) is 0 Å². The van der Waals surface area contributed by atoms with Crippen molar-refractivity contribution in [1.82, 2.24) is 15.2 Å². The highest BCUT2D eigenvalue weighted by Gasteiger charge is 2.19. The van der Waals surface area contributed by atoms with E-state index in [1.807, 2.05) is 6.20 Å². The molecule has 3 nitrogen and oxygen atoms in total. The van der Waals surface area contributed by atoms with E-state index in [1.54, 1.807) is 11.3 Å². The summed E-state index contributed by atoms with van der Waals surface area (Å²) in [6.45, 7) is 4.40. The highest BCUT2D eigenvalue weighted by atomic mass is 32.1. The number of hydrogen-bond acceptors (Lipinski definition) is 4. The molecule has 0 saturated heterocycles. The van der Waals surface area contributed by atoms with Gasteiger partial charge in [-0.2, -0.15) is 0 Å². The monoisotopic (exact) mass is 303 g/mol. The van der Waals surface area contributed by atoms with Crippen molar-refractivity contribution in [3.8, 4) is 0 Å². The molecule has 114 valence electrons. The molecule has 21 heavy (non-hydrogen) atoms. The Morgan fingerprint density at radius 3 is 3.05 bits per heavy atom. The molecular weight excluding hydrogens is 278 g/mol. The van der Waals surface area contributed by atoms with Crippen LogP contribution in [0.5, 0.6) is 0 Å². The number of pyridine rings is 1. The van der Waals surface area contributed by atoms with Crippen molar-refractivity contribution in [2.24, 2.45) is 0 Å². The van der Waals surface area contributed by atoms with Gasteiger partial charge in [0.25, 0.3) is 0 Å². The van der Waals surface area contributed by atoms with E-state index in [-0.39, 0.29) is 0 Å². The van der Waals surface area contributed by atoms with E-state index in [2.05, 4.69) is 46.7 Å². The van der Waals surface area contributed by atoms with E-state index in [0.717, 1.165) is 24.6 Å². The second-order valence-electron chi connectivity index (χ2n) is 6.17. The van der Waals surface area contributed by atoms with Gasteiger partial charge in [0.05, 0.1) is 10.2 Å². The van der Waals surface area contributed by atoms with Gasteiger partial charge in [0, 0.05) is 31.4 Å². The zero-order valence-corrected chi connectivity index (χ0v) is 13.8. The Morgan fingerprint density at radius 2 is 2.24 bits per heavy atom. The zero-order chi connectivity index (χ0) is 14.7. The summed E-state index contributed by atoms with van der Waals surface area (Å²) < 4.78 is 1.28. The normalized spacial score (nSPS) is 17.9. The summed E-state index contributed by atoms with van der Waals surface area (Å²) in [7, 11) is 2.27. The first-order valence-electron chi connectivity index (χ1n) is 8.01. The SMILES string of the molecule is CC(NCCN(C)C1CCCC1)c1cnc2ccsc2c1. The second kappa shape index (κ2) is 6.86. The van der Waals surface area contributed by atoms with Gasteiger partial charge in [-0.1, -0.05) is 12.8 Å². The van der Waals surface area contributed by atoms with Crippen molar-refractivity contribution < 1.29 is 0 Å². The van der Waals surface area contributed by atoms with Crippen molar-refractivity contribution in [3.05, 3.63) is 29.3 Å². The van der Waals surface area contributed by atoms with Crippen LogP contribution in [0.2, 0.25) is 0 Å². The molecule has 1 aliphatic carbocycles. The summed E-state index contributed by atoms with van der Waals surface area (Å²) >= 11 is 1.77. The summed E-state index contributed by atoms with van der Waals surface area (Å²) in [6.07, 6.45) is 7.58. The molecular formula is C17H25N3S. The van der Waals surface area contributed by atoms with Gasteiger partial charge < -0.3 is 10.2 Å². The fourth-order valence-corrected chi connectivity index (χ4v) is 3.99. The first-order valence-corrected chi connectivity index (χ1v) is 8.89. The molecule has 1 saturated carbocycles. The third-order valence-electron chi connectivity index (χ3n) is 4.69. The number of aromatic nitrogens is 1. The first kappa shape index (κ1) is 14.9. The molecule has 1 unspecified atom stereocenters. The highest BCUT2D eigenvalue weighted by Crippen LogP contribution is 2.23. The van der Waals surface area contributed by atoms with Gasteiger partial charge in [-0.15, -0.1) is 11.3 Å². The third kappa shape index (κ3) is 3.62. The zero-order valence-electron chi connectivity index (χ0n) is 13.0. The Hall–Kier alpha value is -0.970. The molecule has 1 N–H and O–H groups in total. The van der Waals surface area contributed by atoms with E-state index in [4.69, 9.17) is 0 Å². The van der Waals surface area contributed by atoms with Crippen LogP contribution in [0.25, 0.3) is 10.2 Å². The van der Waals surface area contributed by atoms with Crippen LogP contribution in [0.3, 0.4) is 0 Å². The van der Waals surface area contributed by atoms with Crippen LogP contribution in [0.4, 0.5) is 0 Å². The average molecular weight is 303 g/mol. The van der Waals surface area contributed by atoms with Crippen molar-refractivity contribution in [1.29, 1.82) is 0 Å². The van der Waals surface area contributed by atoms with Gasteiger partial charge in [0.15, 0.2) is 0 Å². The number of nitrogens with one attached hydrogen (secondary N) is 1. The van der Waals surface area contributed by atoms with Gasteiger partial charge in [0.1, 0.15) is 0 Å². The molecule has 0 aliphatic heterocycles. The highest BCUT2D eigenvalue weighted by molar-refractivity contribution is 7.17. The summed E-state index contributed by atoms with van der Waals surface area (Å²) in [4.78, 5) is 7.05. The minimum Gasteiger partial charge on any atom is -0.309 e. The van der Waals surface area contributed by atoms with Gasteiger partial charge >= 0.3 is 0 Å². The van der Waals surface area contributed by atoms with Crippen molar-refractivity contribution in [2.75, 3.05) is 20.1 Å². The van der Waals surface area contributed by atoms with Crippen LogP contribution in [0.15, 0.2) is 23.7 Å². The van der Waals surface area contributed by atoms with Crippen LogP contribution in [0.1, 0.15) is 44.2 Å². The molecule has 0 bridgehead atoms. The maximum atomic E-state index is 4.53. The molecule has 0 aromatic carbocycles. The molecule has 2 aromatic rings. The van der Waals surface area contributed by atoms with E-state index in [9.17, 15) is 0 Å². The number of likely N-dealkylation sites (N-methyl/N-ethyl adjacent to an activating group) is 1. The minimum atomic E-state index is 0.362. The van der Waals surface area contributed by atoms with E-state index < -0.39 is 0 Å². The van der Waals surface area contributed by atoms with Gasteiger partial charge in [0.2, 0.25) is 0 Å². The van der Waals surface area contributed by atoms with E-state index in [0.29, 0.717) is 6.04 Å². The van der Waals surface area contributed by atoms with Crippen LogP contribution >= 0.6 is 11.3 Å². The van der Waals surface area contributed by atoms with E-state index in [1.165, 1.54) is 35.9 Å².